The van der Waals surface area contributed by atoms with E-state index < -0.39 is 18.6 Å². The average molecular weight is 458 g/mol. The van der Waals surface area contributed by atoms with Gasteiger partial charge in [-0.25, -0.2) is 9.78 Å². The van der Waals surface area contributed by atoms with Crippen molar-refractivity contribution in [2.24, 2.45) is 5.41 Å². The summed E-state index contributed by atoms with van der Waals surface area (Å²) < 4.78 is 37.7. The molecule has 2 aromatic heterocycles. The van der Waals surface area contributed by atoms with Crippen molar-refractivity contribution >= 4 is 28.7 Å². The van der Waals surface area contributed by atoms with Crippen LogP contribution in [0.5, 0.6) is 0 Å². The van der Waals surface area contributed by atoms with Crippen molar-refractivity contribution in [1.82, 2.24) is 25.4 Å². The first-order chi connectivity index (χ1) is 15.7. The van der Waals surface area contributed by atoms with Crippen LogP contribution in [0.25, 0.3) is 11.0 Å². The molecule has 1 aliphatic heterocycles. The van der Waals surface area contributed by atoms with Crippen LogP contribution in [0.3, 0.4) is 0 Å². The maximum absolute atomic E-state index is 12.8. The van der Waals surface area contributed by atoms with E-state index in [1.54, 1.807) is 29.4 Å². The van der Waals surface area contributed by atoms with Crippen LogP contribution in [0, 0.1) is 5.41 Å². The van der Waals surface area contributed by atoms with E-state index in [4.69, 9.17) is 0 Å². The summed E-state index contributed by atoms with van der Waals surface area (Å²) >= 11 is 0. The third-order valence-corrected chi connectivity index (χ3v) is 6.21. The molecule has 1 saturated heterocycles. The highest BCUT2D eigenvalue weighted by Gasteiger charge is 2.54. The lowest BCUT2D eigenvalue weighted by Crippen LogP contribution is -2.67. The number of likely N-dealkylation sites (tertiary alicyclic amines) is 1. The molecule has 3 N–H and O–H groups in total. The summed E-state index contributed by atoms with van der Waals surface area (Å²) in [4.78, 5) is 31.0. The lowest BCUT2D eigenvalue weighted by Gasteiger charge is -2.59. The molecule has 1 aliphatic carbocycles. The Hall–Kier alpha value is -3.63. The highest BCUT2D eigenvalue weighted by molar-refractivity contribution is 6.05. The Morgan fingerprint density at radius 2 is 2.00 bits per heavy atom. The van der Waals surface area contributed by atoms with Crippen LogP contribution in [0.2, 0.25) is 0 Å². The van der Waals surface area contributed by atoms with E-state index in [-0.39, 0.29) is 22.9 Å². The number of anilines is 1. The van der Waals surface area contributed by atoms with Crippen molar-refractivity contribution in [1.29, 1.82) is 0 Å². The van der Waals surface area contributed by atoms with Crippen molar-refractivity contribution in [2.45, 2.75) is 31.5 Å². The Kier molecular flexibility index (Phi) is 4.98. The number of H-pyrrole nitrogens is 1. The van der Waals surface area contributed by atoms with Crippen LogP contribution in [0.4, 0.5) is 23.7 Å². The predicted octanol–water partition coefficient (Wildman–Crippen LogP) is 3.49. The van der Waals surface area contributed by atoms with Crippen molar-refractivity contribution in [2.75, 3.05) is 18.4 Å². The maximum Gasteiger partial charge on any atom is 0.393 e. The second kappa shape index (κ2) is 7.75. The molecule has 3 amide bonds. The highest BCUT2D eigenvalue weighted by atomic mass is 19.4. The summed E-state index contributed by atoms with van der Waals surface area (Å²) in [7, 11) is 0. The summed E-state index contributed by atoms with van der Waals surface area (Å²) in [5, 5.41) is 12.8. The zero-order valence-electron chi connectivity index (χ0n) is 17.4. The van der Waals surface area contributed by atoms with Crippen LogP contribution in [-0.4, -0.2) is 57.3 Å². The third kappa shape index (κ3) is 4.35. The molecule has 0 radical (unpaired) electrons. The van der Waals surface area contributed by atoms with E-state index in [0.29, 0.717) is 35.4 Å². The average Bonchev–Trinajstić information content (AvgIpc) is 3.16. The molecule has 8 nitrogen and oxygen atoms in total. The smallest absolute Gasteiger partial charge is 0.337 e. The number of aromatic nitrogens is 3. The number of fused-ring (bicyclic) bond motifs is 1. The van der Waals surface area contributed by atoms with Gasteiger partial charge >= 0.3 is 12.2 Å². The number of nitrogens with one attached hydrogen (secondary N) is 3. The normalized spacial score (nSPS) is 17.5. The minimum Gasteiger partial charge on any atom is -0.337 e. The second-order valence-corrected chi connectivity index (χ2v) is 8.85. The van der Waals surface area contributed by atoms with E-state index in [1.807, 2.05) is 0 Å². The van der Waals surface area contributed by atoms with E-state index in [1.165, 1.54) is 18.2 Å². The first kappa shape index (κ1) is 21.2. The van der Waals surface area contributed by atoms with Crippen LogP contribution < -0.4 is 10.6 Å². The second-order valence-electron chi connectivity index (χ2n) is 8.85. The number of benzene rings is 1. The molecule has 3 aromatic rings. The van der Waals surface area contributed by atoms with Crippen molar-refractivity contribution in [3.05, 3.63) is 53.9 Å². The zero-order valence-corrected chi connectivity index (χ0v) is 17.4. The van der Waals surface area contributed by atoms with Crippen LogP contribution in [-0.2, 0) is 6.42 Å². The van der Waals surface area contributed by atoms with Gasteiger partial charge in [-0.3, -0.25) is 9.89 Å². The van der Waals surface area contributed by atoms with E-state index >= 15 is 0 Å². The number of amides is 3. The zero-order chi connectivity index (χ0) is 23.2. The SMILES string of the molecule is O=C(Nc1cccc(CC(F)(F)F)c1)NC1CC2(C1)CN(C(=O)c1ccnc3[nH]ncc13)C2. The largest absolute Gasteiger partial charge is 0.393 e. The molecule has 2 fully saturated rings. The van der Waals surface area contributed by atoms with Crippen LogP contribution >= 0.6 is 0 Å². The van der Waals surface area contributed by atoms with Crippen LogP contribution in [0.15, 0.2) is 42.7 Å². The van der Waals surface area contributed by atoms with Gasteiger partial charge < -0.3 is 15.5 Å². The van der Waals surface area contributed by atoms with Gasteiger partial charge in [-0.2, -0.15) is 18.3 Å². The highest BCUT2D eigenvalue weighted by Crippen LogP contribution is 2.48. The van der Waals surface area contributed by atoms with Gasteiger partial charge in [-0.15, -0.1) is 0 Å². The Morgan fingerprint density at radius 1 is 1.21 bits per heavy atom. The minimum atomic E-state index is -4.30. The lowest BCUT2D eigenvalue weighted by atomic mass is 9.60. The summed E-state index contributed by atoms with van der Waals surface area (Å²) in [6.45, 7) is 1.24. The van der Waals surface area contributed by atoms with Gasteiger partial charge in [0.15, 0.2) is 5.65 Å². The topological polar surface area (TPSA) is 103 Å². The summed E-state index contributed by atoms with van der Waals surface area (Å²) in [6, 6.07) is 6.92. The molecule has 1 aromatic carbocycles. The molecule has 2 aliphatic rings. The standard InChI is InChI=1S/C22H21F3N6O2/c23-22(24,25)7-13-2-1-3-14(6-13)28-20(33)29-15-8-21(9-15)11-31(12-21)19(32)16-4-5-26-18-17(16)10-27-30-18/h1-6,10,15H,7-9,11-12H2,(H,26,27,30)(H2,28,29,33). The molecule has 11 heteroatoms. The number of carbonyl (C=O) groups is 2. The molecule has 0 atom stereocenters. The fraction of sp³-hybridized carbons (Fsp3) is 0.364. The Bertz CT molecular complexity index is 1210. The minimum absolute atomic E-state index is 0.00275. The number of aromatic amines is 1. The summed E-state index contributed by atoms with van der Waals surface area (Å²) in [5.74, 6) is -0.0673. The Labute approximate surface area is 186 Å². The first-order valence-corrected chi connectivity index (χ1v) is 10.5. The van der Waals surface area contributed by atoms with Crippen molar-refractivity contribution in [3.8, 4) is 0 Å². The Morgan fingerprint density at radius 3 is 2.76 bits per heavy atom. The first-order valence-electron chi connectivity index (χ1n) is 10.5. The molecular formula is C22H21F3N6O2. The van der Waals surface area contributed by atoms with Crippen molar-refractivity contribution < 1.29 is 22.8 Å². The monoisotopic (exact) mass is 458 g/mol. The number of hydrogen-bond donors (Lipinski definition) is 3. The lowest BCUT2D eigenvalue weighted by molar-refractivity contribution is -0.127. The predicted molar refractivity (Wildman–Crippen MR) is 114 cm³/mol. The molecule has 172 valence electrons. The number of hydrogen-bond acceptors (Lipinski definition) is 4. The third-order valence-electron chi connectivity index (χ3n) is 6.21. The number of carbonyl (C=O) groups excluding carboxylic acids is 2. The van der Waals surface area contributed by atoms with Gasteiger partial charge in [0.05, 0.1) is 23.6 Å². The van der Waals surface area contributed by atoms with E-state index in [0.717, 1.165) is 12.8 Å². The maximum atomic E-state index is 12.8. The number of pyridine rings is 1. The van der Waals surface area contributed by atoms with Gasteiger partial charge in [0.2, 0.25) is 0 Å². The number of nitrogens with zero attached hydrogens (tertiary/aromatic N) is 3. The molecule has 0 bridgehead atoms. The molecule has 0 unspecified atom stereocenters. The molecule has 1 saturated carbocycles. The number of halogens is 3. The van der Waals surface area contributed by atoms with Gasteiger partial charge in [-0.05, 0) is 36.6 Å². The van der Waals surface area contributed by atoms with Crippen molar-refractivity contribution in [3.63, 3.8) is 0 Å². The summed E-state index contributed by atoms with van der Waals surface area (Å²) in [5.41, 5.74) is 1.53. The molecule has 5 rings (SSSR count). The fourth-order valence-electron chi connectivity index (χ4n) is 4.80. The number of urea groups is 1. The molecule has 1 spiro atoms. The Balaban J connectivity index is 1.10. The van der Waals surface area contributed by atoms with E-state index in [2.05, 4.69) is 25.8 Å². The van der Waals surface area contributed by atoms with Gasteiger partial charge in [0, 0.05) is 36.4 Å². The molecule has 3 heterocycles. The quantitative estimate of drug-likeness (QED) is 0.557. The summed E-state index contributed by atoms with van der Waals surface area (Å²) in [6.07, 6.45) is -0.696. The van der Waals surface area contributed by atoms with Crippen LogP contribution in [0.1, 0.15) is 28.8 Å². The van der Waals surface area contributed by atoms with E-state index in [9.17, 15) is 22.8 Å². The number of rotatable bonds is 4. The van der Waals surface area contributed by atoms with Gasteiger partial charge in [0.1, 0.15) is 0 Å². The van der Waals surface area contributed by atoms with Gasteiger partial charge in [0.25, 0.3) is 5.91 Å². The number of alkyl halides is 3. The van der Waals surface area contributed by atoms with Gasteiger partial charge in [-0.1, -0.05) is 12.1 Å². The fourth-order valence-corrected chi connectivity index (χ4v) is 4.80. The molecular weight excluding hydrogens is 437 g/mol. The molecule has 33 heavy (non-hydrogen) atoms.